The zero-order chi connectivity index (χ0) is 22.5. The minimum Gasteiger partial charge on any atom is -0.445 e. The van der Waals surface area contributed by atoms with Crippen molar-refractivity contribution in [3.8, 4) is 6.19 Å². The second-order valence-electron chi connectivity index (χ2n) is 7.24. The van der Waals surface area contributed by atoms with Crippen LogP contribution in [0.15, 0.2) is 60.7 Å². The van der Waals surface area contributed by atoms with Crippen molar-refractivity contribution >= 4 is 12.0 Å². The van der Waals surface area contributed by atoms with E-state index >= 15 is 0 Å². The summed E-state index contributed by atoms with van der Waals surface area (Å²) in [5, 5.41) is 14.8. The van der Waals surface area contributed by atoms with Crippen LogP contribution < -0.4 is 5.32 Å². The molecule has 0 saturated carbocycles. The van der Waals surface area contributed by atoms with E-state index in [-0.39, 0.29) is 12.5 Å². The average Bonchev–Trinajstić information content (AvgIpc) is 2.80. The number of likely N-dealkylation sites (N-methyl/N-ethyl adjacent to an activating group) is 1. The quantitative estimate of drug-likeness (QED) is 0.257. The Hall–Kier alpha value is -3.53. The molecule has 0 aliphatic carbocycles. The topological polar surface area (TPSA) is 85.7 Å². The van der Waals surface area contributed by atoms with Gasteiger partial charge in [0.15, 0.2) is 6.19 Å². The number of hydrogen-bond donors (Lipinski definition) is 1. The molecule has 0 radical (unpaired) electrons. The standard InChI is InChI=1S/C24H30N4O3/c1-3-4-11-16-28(19-25)27(2)23(29)22(17-20-12-7-5-8-13-20)26-24(30)31-18-21-14-9-6-10-15-21/h5-10,12-15,22H,3-4,11,16-18H2,1-2H3,(H,26,30)/t22-/m0/s1. The molecule has 0 aromatic heterocycles. The van der Waals surface area contributed by atoms with Crippen LogP contribution in [0.5, 0.6) is 0 Å². The number of unbranched alkanes of at least 4 members (excludes halogenated alkanes) is 2. The second-order valence-corrected chi connectivity index (χ2v) is 7.24. The van der Waals surface area contributed by atoms with Crippen LogP contribution in [0.1, 0.15) is 37.3 Å². The van der Waals surface area contributed by atoms with Crippen LogP contribution in [0.2, 0.25) is 0 Å². The van der Waals surface area contributed by atoms with Crippen molar-refractivity contribution in [3.05, 3.63) is 71.8 Å². The molecule has 0 heterocycles. The van der Waals surface area contributed by atoms with Gasteiger partial charge < -0.3 is 10.1 Å². The Morgan fingerprint density at radius 3 is 2.23 bits per heavy atom. The number of benzene rings is 2. The molecule has 1 atom stereocenters. The van der Waals surface area contributed by atoms with E-state index in [2.05, 4.69) is 18.4 Å². The molecule has 2 aromatic carbocycles. The van der Waals surface area contributed by atoms with Crippen molar-refractivity contribution in [2.24, 2.45) is 0 Å². The molecule has 0 bridgehead atoms. The van der Waals surface area contributed by atoms with Crippen LogP contribution in [0.4, 0.5) is 4.79 Å². The number of hydrogen-bond acceptors (Lipinski definition) is 5. The molecule has 0 spiro atoms. The summed E-state index contributed by atoms with van der Waals surface area (Å²) in [4.78, 5) is 25.6. The van der Waals surface area contributed by atoms with Crippen LogP contribution >= 0.6 is 0 Å². The van der Waals surface area contributed by atoms with Gasteiger partial charge in [0.25, 0.3) is 5.91 Å². The summed E-state index contributed by atoms with van der Waals surface area (Å²) in [6, 6.07) is 17.9. The number of alkyl carbamates (subject to hydrolysis) is 1. The van der Waals surface area contributed by atoms with E-state index in [0.717, 1.165) is 30.4 Å². The van der Waals surface area contributed by atoms with Crippen LogP contribution in [0, 0.1) is 11.5 Å². The Bertz CT molecular complexity index is 852. The van der Waals surface area contributed by atoms with Crippen molar-refractivity contribution in [3.63, 3.8) is 0 Å². The highest BCUT2D eigenvalue weighted by molar-refractivity contribution is 5.85. The van der Waals surface area contributed by atoms with E-state index < -0.39 is 12.1 Å². The molecule has 0 aliphatic heterocycles. The van der Waals surface area contributed by atoms with E-state index in [1.807, 2.05) is 60.7 Å². The fourth-order valence-electron chi connectivity index (χ4n) is 3.08. The number of amides is 2. The van der Waals surface area contributed by atoms with Gasteiger partial charge in [-0.15, -0.1) is 0 Å². The van der Waals surface area contributed by atoms with Crippen molar-refractivity contribution in [2.45, 2.75) is 45.3 Å². The fourth-order valence-corrected chi connectivity index (χ4v) is 3.08. The van der Waals surface area contributed by atoms with Crippen molar-refractivity contribution in [1.29, 1.82) is 5.26 Å². The Morgan fingerprint density at radius 1 is 1.03 bits per heavy atom. The summed E-state index contributed by atoms with van der Waals surface area (Å²) in [6.07, 6.45) is 4.45. The van der Waals surface area contributed by atoms with Gasteiger partial charge in [-0.25, -0.2) is 14.8 Å². The minimum absolute atomic E-state index is 0.107. The lowest BCUT2D eigenvalue weighted by atomic mass is 10.1. The van der Waals surface area contributed by atoms with Crippen LogP contribution in [-0.2, 0) is 22.6 Å². The molecule has 164 valence electrons. The number of nitrogens with zero attached hydrogens (tertiary/aromatic N) is 3. The lowest BCUT2D eigenvalue weighted by Crippen LogP contribution is -2.53. The van der Waals surface area contributed by atoms with Crippen LogP contribution in [0.25, 0.3) is 0 Å². The molecular formula is C24H30N4O3. The Kier molecular flexibility index (Phi) is 9.89. The summed E-state index contributed by atoms with van der Waals surface area (Å²) in [7, 11) is 1.55. The predicted octanol–water partition coefficient (Wildman–Crippen LogP) is 3.87. The third kappa shape index (κ3) is 8.01. The molecule has 0 saturated heterocycles. The third-order valence-corrected chi connectivity index (χ3v) is 4.86. The summed E-state index contributed by atoms with van der Waals surface area (Å²) < 4.78 is 5.29. The van der Waals surface area contributed by atoms with Crippen molar-refractivity contribution in [2.75, 3.05) is 13.6 Å². The number of nitrogens with one attached hydrogen (secondary N) is 1. The molecule has 7 heteroatoms. The lowest BCUT2D eigenvalue weighted by Gasteiger charge is -2.30. The van der Waals surface area contributed by atoms with Gasteiger partial charge in [-0.1, -0.05) is 80.4 Å². The zero-order valence-electron chi connectivity index (χ0n) is 18.2. The highest BCUT2D eigenvalue weighted by atomic mass is 16.5. The van der Waals surface area contributed by atoms with Gasteiger partial charge in [-0.2, -0.15) is 5.26 Å². The van der Waals surface area contributed by atoms with Gasteiger partial charge in [0.1, 0.15) is 12.6 Å². The summed E-state index contributed by atoms with van der Waals surface area (Å²) in [5.74, 6) is -0.376. The average molecular weight is 423 g/mol. The number of rotatable bonds is 11. The monoisotopic (exact) mass is 422 g/mol. The van der Waals surface area contributed by atoms with E-state index in [1.165, 1.54) is 10.0 Å². The smallest absolute Gasteiger partial charge is 0.408 e. The maximum absolute atomic E-state index is 13.2. The molecule has 0 unspecified atom stereocenters. The van der Waals surface area contributed by atoms with Gasteiger partial charge >= 0.3 is 6.09 Å². The second kappa shape index (κ2) is 12.9. The lowest BCUT2D eigenvalue weighted by molar-refractivity contribution is -0.143. The Labute approximate surface area is 184 Å². The molecule has 0 aliphatic rings. The largest absolute Gasteiger partial charge is 0.445 e. The number of carbonyl (C=O) groups excluding carboxylic acids is 2. The molecule has 0 fully saturated rings. The van der Waals surface area contributed by atoms with Gasteiger partial charge in [0.2, 0.25) is 0 Å². The van der Waals surface area contributed by atoms with Crippen molar-refractivity contribution < 1.29 is 14.3 Å². The minimum atomic E-state index is -0.863. The van der Waals surface area contributed by atoms with Crippen LogP contribution in [0.3, 0.4) is 0 Å². The summed E-state index contributed by atoms with van der Waals surface area (Å²) >= 11 is 0. The van der Waals surface area contributed by atoms with E-state index in [0.29, 0.717) is 13.0 Å². The zero-order valence-corrected chi connectivity index (χ0v) is 18.2. The number of ether oxygens (including phenoxy) is 1. The predicted molar refractivity (Wildman–Crippen MR) is 118 cm³/mol. The summed E-state index contributed by atoms with van der Waals surface area (Å²) in [5.41, 5.74) is 1.75. The van der Waals surface area contributed by atoms with Crippen molar-refractivity contribution in [1.82, 2.24) is 15.3 Å². The molecular weight excluding hydrogens is 392 g/mol. The highest BCUT2D eigenvalue weighted by Crippen LogP contribution is 2.09. The maximum atomic E-state index is 13.2. The number of carbonyl (C=O) groups is 2. The van der Waals surface area contributed by atoms with Gasteiger partial charge in [0, 0.05) is 13.5 Å². The van der Waals surface area contributed by atoms with Gasteiger partial charge in [-0.3, -0.25) is 4.79 Å². The molecule has 2 rings (SSSR count). The van der Waals surface area contributed by atoms with Crippen LogP contribution in [-0.4, -0.2) is 41.7 Å². The molecule has 7 nitrogen and oxygen atoms in total. The normalized spacial score (nSPS) is 11.1. The maximum Gasteiger partial charge on any atom is 0.408 e. The van der Waals surface area contributed by atoms with E-state index in [1.54, 1.807) is 7.05 Å². The molecule has 2 aromatic rings. The SMILES string of the molecule is CCCCCN(C#N)N(C)C(=O)[C@H](Cc1ccccc1)NC(=O)OCc1ccccc1. The fraction of sp³-hybridized carbons (Fsp3) is 0.375. The molecule has 2 amide bonds. The van der Waals surface area contributed by atoms with Gasteiger partial charge in [-0.05, 0) is 17.5 Å². The van der Waals surface area contributed by atoms with E-state index in [9.17, 15) is 14.9 Å². The first-order chi connectivity index (χ1) is 15.0. The molecule has 31 heavy (non-hydrogen) atoms. The third-order valence-electron chi connectivity index (χ3n) is 4.86. The Morgan fingerprint density at radius 2 is 1.65 bits per heavy atom. The first-order valence-electron chi connectivity index (χ1n) is 10.5. The first-order valence-corrected chi connectivity index (χ1v) is 10.5. The molecule has 1 N–H and O–H groups in total. The Balaban J connectivity index is 2.06. The number of nitriles is 1. The highest BCUT2D eigenvalue weighted by Gasteiger charge is 2.28. The number of hydrazine groups is 1. The summed E-state index contributed by atoms with van der Waals surface area (Å²) in [6.45, 7) is 2.63. The van der Waals surface area contributed by atoms with E-state index in [4.69, 9.17) is 4.74 Å². The first kappa shape index (κ1) is 23.7. The van der Waals surface area contributed by atoms with Gasteiger partial charge in [0.05, 0.1) is 6.54 Å².